The van der Waals surface area contributed by atoms with Crippen molar-refractivity contribution >= 4 is 17.5 Å². The summed E-state index contributed by atoms with van der Waals surface area (Å²) in [6, 6.07) is 4.76. The van der Waals surface area contributed by atoms with E-state index in [1.807, 2.05) is 0 Å². The van der Waals surface area contributed by atoms with E-state index in [-0.39, 0.29) is 16.8 Å². The standard InChI is InChI=1S/C13H17ClFNO2/c1-9-5-4-6-11(12(9)15)13(17)16(2)7-10(14)8-18-3/h4-6,10H,7-8H2,1-3H3. The maximum atomic E-state index is 13.8. The molecule has 0 saturated carbocycles. The van der Waals surface area contributed by atoms with Gasteiger partial charge in [0.2, 0.25) is 0 Å². The minimum Gasteiger partial charge on any atom is -0.383 e. The number of amides is 1. The summed E-state index contributed by atoms with van der Waals surface area (Å²) in [6.45, 7) is 2.28. The minimum absolute atomic E-state index is 0.0683. The number of hydrogen-bond acceptors (Lipinski definition) is 2. The van der Waals surface area contributed by atoms with Crippen molar-refractivity contribution in [2.24, 2.45) is 0 Å². The number of rotatable bonds is 5. The van der Waals surface area contributed by atoms with Gasteiger partial charge in [0.25, 0.3) is 5.91 Å². The summed E-state index contributed by atoms with van der Waals surface area (Å²) in [6.07, 6.45) is 0. The van der Waals surface area contributed by atoms with E-state index in [1.165, 1.54) is 18.1 Å². The molecular weight excluding hydrogens is 257 g/mol. The minimum atomic E-state index is -0.479. The normalized spacial score (nSPS) is 12.3. The zero-order chi connectivity index (χ0) is 13.7. The summed E-state index contributed by atoms with van der Waals surface area (Å²) in [7, 11) is 3.13. The van der Waals surface area contributed by atoms with Crippen LogP contribution in [-0.2, 0) is 4.74 Å². The van der Waals surface area contributed by atoms with Gasteiger partial charge in [-0.05, 0) is 18.6 Å². The number of methoxy groups -OCH3 is 1. The van der Waals surface area contributed by atoms with Gasteiger partial charge in [0.15, 0.2) is 0 Å². The molecule has 0 aliphatic rings. The number of halogens is 2. The molecular formula is C13H17ClFNO2. The third kappa shape index (κ3) is 3.68. The molecule has 1 aromatic rings. The van der Waals surface area contributed by atoms with Crippen LogP contribution >= 0.6 is 11.6 Å². The van der Waals surface area contributed by atoms with Crippen LogP contribution in [0.15, 0.2) is 18.2 Å². The molecule has 0 spiro atoms. The molecule has 100 valence electrons. The van der Waals surface area contributed by atoms with E-state index in [9.17, 15) is 9.18 Å². The zero-order valence-electron chi connectivity index (χ0n) is 10.7. The largest absolute Gasteiger partial charge is 0.383 e. The number of carbonyl (C=O) groups is 1. The van der Waals surface area contributed by atoms with Gasteiger partial charge in [0.05, 0.1) is 17.5 Å². The Morgan fingerprint density at radius 2 is 2.22 bits per heavy atom. The van der Waals surface area contributed by atoms with Crippen molar-refractivity contribution in [2.75, 3.05) is 27.3 Å². The van der Waals surface area contributed by atoms with Gasteiger partial charge in [-0.3, -0.25) is 4.79 Å². The molecule has 3 nitrogen and oxygen atoms in total. The van der Waals surface area contributed by atoms with E-state index in [1.54, 1.807) is 26.1 Å². The summed E-state index contributed by atoms with van der Waals surface area (Å²) < 4.78 is 18.7. The Bertz CT molecular complexity index is 425. The molecule has 0 bridgehead atoms. The molecule has 0 radical (unpaired) electrons. The maximum Gasteiger partial charge on any atom is 0.256 e. The lowest BCUT2D eigenvalue weighted by molar-refractivity contribution is 0.0777. The quantitative estimate of drug-likeness (QED) is 0.772. The highest BCUT2D eigenvalue weighted by Gasteiger charge is 2.19. The van der Waals surface area contributed by atoms with Gasteiger partial charge in [-0.15, -0.1) is 11.6 Å². The van der Waals surface area contributed by atoms with Crippen LogP contribution < -0.4 is 0 Å². The molecule has 0 aliphatic heterocycles. The highest BCUT2D eigenvalue weighted by Crippen LogP contribution is 2.14. The lowest BCUT2D eigenvalue weighted by atomic mass is 10.1. The third-order valence-corrected chi connectivity index (χ3v) is 2.85. The average molecular weight is 274 g/mol. The SMILES string of the molecule is COCC(Cl)CN(C)C(=O)c1cccc(C)c1F. The molecule has 0 aliphatic carbocycles. The predicted octanol–water partition coefficient (Wildman–Crippen LogP) is 2.46. The average Bonchev–Trinajstić information content (AvgIpc) is 2.32. The summed E-state index contributed by atoms with van der Waals surface area (Å²) in [5.74, 6) is -0.856. The summed E-state index contributed by atoms with van der Waals surface area (Å²) in [5.41, 5.74) is 0.521. The maximum absolute atomic E-state index is 13.8. The number of alkyl halides is 1. The van der Waals surface area contributed by atoms with E-state index in [0.29, 0.717) is 18.7 Å². The Balaban J connectivity index is 2.77. The second kappa shape index (κ2) is 6.71. The summed E-state index contributed by atoms with van der Waals surface area (Å²) >= 11 is 5.97. The van der Waals surface area contributed by atoms with Gasteiger partial charge in [-0.1, -0.05) is 12.1 Å². The van der Waals surface area contributed by atoms with E-state index >= 15 is 0 Å². The van der Waals surface area contributed by atoms with Crippen molar-refractivity contribution in [3.8, 4) is 0 Å². The molecule has 1 amide bonds. The van der Waals surface area contributed by atoms with Crippen molar-refractivity contribution in [1.82, 2.24) is 4.90 Å². The Kier molecular flexibility index (Phi) is 5.56. The lowest BCUT2D eigenvalue weighted by Gasteiger charge is -2.20. The van der Waals surface area contributed by atoms with Gasteiger partial charge in [0, 0.05) is 20.7 Å². The molecule has 5 heteroatoms. The Labute approximate surface area is 111 Å². The highest BCUT2D eigenvalue weighted by atomic mass is 35.5. The first-order chi connectivity index (χ1) is 8.47. The lowest BCUT2D eigenvalue weighted by Crippen LogP contribution is -2.34. The van der Waals surface area contributed by atoms with Crippen LogP contribution in [0.3, 0.4) is 0 Å². The molecule has 1 atom stereocenters. The first kappa shape index (κ1) is 14.9. The van der Waals surface area contributed by atoms with Crippen LogP contribution in [0.1, 0.15) is 15.9 Å². The van der Waals surface area contributed by atoms with Crippen LogP contribution in [0.4, 0.5) is 4.39 Å². The van der Waals surface area contributed by atoms with Crippen LogP contribution in [0.5, 0.6) is 0 Å². The smallest absolute Gasteiger partial charge is 0.256 e. The molecule has 0 aromatic heterocycles. The molecule has 0 fully saturated rings. The second-order valence-corrected chi connectivity index (χ2v) is 4.79. The van der Waals surface area contributed by atoms with E-state index in [2.05, 4.69) is 0 Å². The zero-order valence-corrected chi connectivity index (χ0v) is 11.5. The van der Waals surface area contributed by atoms with Crippen molar-refractivity contribution in [3.63, 3.8) is 0 Å². The first-order valence-electron chi connectivity index (χ1n) is 5.61. The van der Waals surface area contributed by atoms with Crippen LogP contribution in [0.25, 0.3) is 0 Å². The topological polar surface area (TPSA) is 29.5 Å². The van der Waals surface area contributed by atoms with Gasteiger partial charge in [-0.2, -0.15) is 0 Å². The van der Waals surface area contributed by atoms with Crippen molar-refractivity contribution < 1.29 is 13.9 Å². The summed E-state index contributed by atoms with van der Waals surface area (Å²) in [4.78, 5) is 13.4. The van der Waals surface area contributed by atoms with Crippen molar-refractivity contribution in [3.05, 3.63) is 35.1 Å². The Morgan fingerprint density at radius 3 is 2.83 bits per heavy atom. The fourth-order valence-electron chi connectivity index (χ4n) is 1.63. The second-order valence-electron chi connectivity index (χ2n) is 4.17. The molecule has 0 N–H and O–H groups in total. The number of carbonyl (C=O) groups excluding carboxylic acids is 1. The molecule has 18 heavy (non-hydrogen) atoms. The van der Waals surface area contributed by atoms with Gasteiger partial charge in [0.1, 0.15) is 5.82 Å². The fraction of sp³-hybridized carbons (Fsp3) is 0.462. The monoisotopic (exact) mass is 273 g/mol. The fourth-order valence-corrected chi connectivity index (χ4v) is 1.96. The van der Waals surface area contributed by atoms with E-state index in [0.717, 1.165) is 0 Å². The number of aryl methyl sites for hydroxylation is 1. The van der Waals surface area contributed by atoms with Crippen molar-refractivity contribution in [2.45, 2.75) is 12.3 Å². The molecule has 1 rings (SSSR count). The summed E-state index contributed by atoms with van der Waals surface area (Å²) in [5, 5.41) is -0.308. The van der Waals surface area contributed by atoms with Gasteiger partial charge in [-0.25, -0.2) is 4.39 Å². The number of hydrogen-bond donors (Lipinski definition) is 0. The molecule has 1 aromatic carbocycles. The van der Waals surface area contributed by atoms with Crippen molar-refractivity contribution in [1.29, 1.82) is 0 Å². The number of benzene rings is 1. The van der Waals surface area contributed by atoms with Crippen LogP contribution in [0, 0.1) is 12.7 Å². The Hall–Kier alpha value is -1.13. The first-order valence-corrected chi connectivity index (χ1v) is 6.04. The van der Waals surface area contributed by atoms with Gasteiger partial charge < -0.3 is 9.64 Å². The molecule has 1 unspecified atom stereocenters. The Morgan fingerprint density at radius 1 is 1.56 bits per heavy atom. The predicted molar refractivity (Wildman–Crippen MR) is 69.6 cm³/mol. The molecule has 0 heterocycles. The number of nitrogens with zero attached hydrogens (tertiary/aromatic N) is 1. The third-order valence-electron chi connectivity index (χ3n) is 2.59. The van der Waals surface area contributed by atoms with Gasteiger partial charge >= 0.3 is 0 Å². The van der Waals surface area contributed by atoms with Crippen LogP contribution in [0.2, 0.25) is 0 Å². The van der Waals surface area contributed by atoms with E-state index < -0.39 is 5.82 Å². The van der Waals surface area contributed by atoms with E-state index in [4.69, 9.17) is 16.3 Å². The van der Waals surface area contributed by atoms with Crippen LogP contribution in [-0.4, -0.2) is 43.5 Å². The highest BCUT2D eigenvalue weighted by molar-refractivity contribution is 6.21. The number of ether oxygens (including phenoxy) is 1. The molecule has 0 saturated heterocycles.